The van der Waals surface area contributed by atoms with E-state index in [1.54, 1.807) is 0 Å². The number of unbranched alkanes of at least 4 members (excludes halogenated alkanes) is 5. The number of nitrogens with one attached hydrogen (secondary N) is 1. The molecular formula is C28H46N2O. The van der Waals surface area contributed by atoms with E-state index in [0.29, 0.717) is 0 Å². The Balaban J connectivity index is 1.74. The van der Waals surface area contributed by atoms with E-state index in [1.807, 2.05) is 6.20 Å². The molecule has 3 nitrogen and oxygen atoms in total. The minimum Gasteiger partial charge on any atom is -0.494 e. The average molecular weight is 427 g/mol. The van der Waals surface area contributed by atoms with Crippen LogP contribution in [0, 0.1) is 11.8 Å². The van der Waals surface area contributed by atoms with Crippen LogP contribution in [0.3, 0.4) is 0 Å². The van der Waals surface area contributed by atoms with Crippen LogP contribution in [0.1, 0.15) is 97.5 Å². The van der Waals surface area contributed by atoms with Gasteiger partial charge in [0.15, 0.2) is 0 Å². The number of nitrogens with zero attached hydrogens (tertiary/aromatic N) is 1. The summed E-state index contributed by atoms with van der Waals surface area (Å²) >= 11 is 0. The first kappa shape index (κ1) is 25.4. The van der Waals surface area contributed by atoms with Crippen molar-refractivity contribution in [3.8, 4) is 5.75 Å². The highest BCUT2D eigenvalue weighted by atomic mass is 16.5. The van der Waals surface area contributed by atoms with Gasteiger partial charge in [0.05, 0.1) is 12.3 Å². The Labute approximate surface area is 191 Å². The molecule has 0 amide bonds. The van der Waals surface area contributed by atoms with Crippen molar-refractivity contribution in [3.63, 3.8) is 0 Å². The number of rotatable bonds is 16. The predicted molar refractivity (Wildman–Crippen MR) is 135 cm³/mol. The third-order valence-corrected chi connectivity index (χ3v) is 6.11. The molecule has 1 atom stereocenters. The Kier molecular flexibility index (Phi) is 12.3. The SMILES string of the molecule is CCCCCCCCN1NC=CC=C1c1ccc(OCC[C@H](C)CCCC(C)C)cc1. The largest absolute Gasteiger partial charge is 0.494 e. The first-order valence-corrected chi connectivity index (χ1v) is 12.7. The molecule has 0 saturated heterocycles. The van der Waals surface area contributed by atoms with Gasteiger partial charge in [-0.25, -0.2) is 0 Å². The van der Waals surface area contributed by atoms with Gasteiger partial charge in [-0.15, -0.1) is 0 Å². The molecule has 3 heteroatoms. The van der Waals surface area contributed by atoms with Crippen molar-refractivity contribution in [2.45, 2.75) is 91.9 Å². The maximum absolute atomic E-state index is 6.02. The summed E-state index contributed by atoms with van der Waals surface area (Å²) in [6.07, 6.45) is 19.3. The van der Waals surface area contributed by atoms with E-state index in [-0.39, 0.29) is 0 Å². The molecule has 1 aromatic rings. The fourth-order valence-electron chi connectivity index (χ4n) is 4.04. The second-order valence-electron chi connectivity index (χ2n) is 9.55. The van der Waals surface area contributed by atoms with Gasteiger partial charge in [-0.3, -0.25) is 5.01 Å². The van der Waals surface area contributed by atoms with Crippen LogP contribution in [-0.2, 0) is 0 Å². The van der Waals surface area contributed by atoms with E-state index >= 15 is 0 Å². The molecule has 0 aliphatic carbocycles. The van der Waals surface area contributed by atoms with Gasteiger partial charge in [0.1, 0.15) is 5.75 Å². The van der Waals surface area contributed by atoms with Crippen molar-refractivity contribution in [3.05, 3.63) is 48.2 Å². The second-order valence-corrected chi connectivity index (χ2v) is 9.55. The molecule has 0 unspecified atom stereocenters. The quantitative estimate of drug-likeness (QED) is 0.271. The van der Waals surface area contributed by atoms with Gasteiger partial charge in [0.25, 0.3) is 0 Å². The molecule has 0 spiro atoms. The summed E-state index contributed by atoms with van der Waals surface area (Å²) in [5.41, 5.74) is 5.88. The summed E-state index contributed by atoms with van der Waals surface area (Å²) in [7, 11) is 0. The maximum Gasteiger partial charge on any atom is 0.119 e. The van der Waals surface area contributed by atoms with Crippen molar-refractivity contribution in [2.75, 3.05) is 13.2 Å². The summed E-state index contributed by atoms with van der Waals surface area (Å²) in [6, 6.07) is 8.59. The highest BCUT2D eigenvalue weighted by Crippen LogP contribution is 2.24. The van der Waals surface area contributed by atoms with Crippen molar-refractivity contribution in [2.24, 2.45) is 11.8 Å². The molecule has 1 N–H and O–H groups in total. The molecule has 1 heterocycles. The van der Waals surface area contributed by atoms with Gasteiger partial charge in [-0.1, -0.05) is 79.1 Å². The predicted octanol–water partition coefficient (Wildman–Crippen LogP) is 7.95. The Morgan fingerprint density at radius 2 is 1.61 bits per heavy atom. The molecule has 0 saturated carbocycles. The highest BCUT2D eigenvalue weighted by Gasteiger charge is 2.13. The van der Waals surface area contributed by atoms with Crippen LogP contribution in [0.5, 0.6) is 5.75 Å². The standard InChI is InChI=1S/C28H46N2O/c1-5-6-7-8-9-10-22-30-28(15-12-21-29-30)26-16-18-27(19-17-26)31-23-20-25(4)14-11-13-24(2)3/h12,15-19,21,24-25,29H,5-11,13-14,20,22-23H2,1-4H3/t25-/m1/s1. The average Bonchev–Trinajstić information content (AvgIpc) is 2.77. The van der Waals surface area contributed by atoms with Gasteiger partial charge in [0, 0.05) is 12.7 Å². The van der Waals surface area contributed by atoms with Gasteiger partial charge < -0.3 is 10.2 Å². The Hall–Kier alpha value is -1.90. The van der Waals surface area contributed by atoms with Crippen LogP contribution in [0.15, 0.2) is 42.6 Å². The number of allylic oxidation sites excluding steroid dienone is 2. The first-order valence-electron chi connectivity index (χ1n) is 12.7. The zero-order valence-electron chi connectivity index (χ0n) is 20.5. The molecule has 0 fully saturated rings. The van der Waals surface area contributed by atoms with Crippen LogP contribution in [0.4, 0.5) is 0 Å². The van der Waals surface area contributed by atoms with Gasteiger partial charge in [0.2, 0.25) is 0 Å². The van der Waals surface area contributed by atoms with Crippen LogP contribution in [0.25, 0.3) is 5.70 Å². The zero-order chi connectivity index (χ0) is 22.3. The van der Waals surface area contributed by atoms with E-state index < -0.39 is 0 Å². The normalized spacial score (nSPS) is 14.5. The number of benzene rings is 1. The molecule has 1 aliphatic heterocycles. The van der Waals surface area contributed by atoms with Crippen molar-refractivity contribution >= 4 is 5.70 Å². The second kappa shape index (κ2) is 15.0. The van der Waals surface area contributed by atoms with E-state index in [0.717, 1.165) is 37.2 Å². The van der Waals surface area contributed by atoms with Crippen LogP contribution in [-0.4, -0.2) is 18.2 Å². The third kappa shape index (κ3) is 10.3. The lowest BCUT2D eigenvalue weighted by Crippen LogP contribution is -2.35. The fraction of sp³-hybridized carbons (Fsp3) is 0.643. The Morgan fingerprint density at radius 1 is 0.871 bits per heavy atom. The molecule has 1 aromatic carbocycles. The van der Waals surface area contributed by atoms with E-state index in [2.05, 4.69) is 74.5 Å². The maximum atomic E-state index is 6.02. The third-order valence-electron chi connectivity index (χ3n) is 6.11. The molecule has 174 valence electrons. The smallest absolute Gasteiger partial charge is 0.119 e. The summed E-state index contributed by atoms with van der Waals surface area (Å²) < 4.78 is 6.02. The summed E-state index contributed by atoms with van der Waals surface area (Å²) in [5.74, 6) is 2.52. The summed E-state index contributed by atoms with van der Waals surface area (Å²) in [5, 5.41) is 2.27. The van der Waals surface area contributed by atoms with Crippen molar-refractivity contribution < 1.29 is 4.74 Å². The lowest BCUT2D eigenvalue weighted by Gasteiger charge is -2.29. The number of hydrogen-bond donors (Lipinski definition) is 1. The monoisotopic (exact) mass is 426 g/mol. The highest BCUT2D eigenvalue weighted by molar-refractivity contribution is 5.66. The van der Waals surface area contributed by atoms with Crippen molar-refractivity contribution in [1.29, 1.82) is 0 Å². The van der Waals surface area contributed by atoms with E-state index in [9.17, 15) is 0 Å². The minimum atomic E-state index is 0.735. The van der Waals surface area contributed by atoms with Crippen LogP contribution in [0.2, 0.25) is 0 Å². The Morgan fingerprint density at radius 3 is 2.35 bits per heavy atom. The number of hydrazine groups is 1. The molecule has 0 radical (unpaired) electrons. The molecule has 2 rings (SSSR count). The van der Waals surface area contributed by atoms with E-state index in [1.165, 1.54) is 69.0 Å². The lowest BCUT2D eigenvalue weighted by atomic mass is 9.98. The summed E-state index contributed by atoms with van der Waals surface area (Å²) in [4.78, 5) is 0. The molecule has 1 aliphatic rings. The minimum absolute atomic E-state index is 0.735. The lowest BCUT2D eigenvalue weighted by molar-refractivity contribution is 0.275. The molecular weight excluding hydrogens is 380 g/mol. The zero-order valence-corrected chi connectivity index (χ0v) is 20.5. The van der Waals surface area contributed by atoms with Crippen LogP contribution < -0.4 is 10.2 Å². The van der Waals surface area contributed by atoms with Gasteiger partial charge in [-0.05, 0) is 66.7 Å². The molecule has 0 bridgehead atoms. The molecule has 31 heavy (non-hydrogen) atoms. The van der Waals surface area contributed by atoms with Crippen molar-refractivity contribution in [1.82, 2.24) is 10.4 Å². The fourth-order valence-corrected chi connectivity index (χ4v) is 4.04. The number of ether oxygens (including phenoxy) is 1. The topological polar surface area (TPSA) is 24.5 Å². The number of hydrogen-bond acceptors (Lipinski definition) is 3. The summed E-state index contributed by atoms with van der Waals surface area (Å²) in [6.45, 7) is 11.1. The van der Waals surface area contributed by atoms with Gasteiger partial charge in [-0.2, -0.15) is 0 Å². The van der Waals surface area contributed by atoms with Gasteiger partial charge >= 0.3 is 0 Å². The first-order chi connectivity index (χ1) is 15.1. The van der Waals surface area contributed by atoms with Crippen LogP contribution >= 0.6 is 0 Å². The molecule has 0 aromatic heterocycles. The Bertz CT molecular complexity index is 647. The van der Waals surface area contributed by atoms with E-state index in [4.69, 9.17) is 4.74 Å².